The highest BCUT2D eigenvalue weighted by molar-refractivity contribution is 6.30. The number of hydrazine groups is 1. The fourth-order valence-corrected chi connectivity index (χ4v) is 2.06. The Balaban J connectivity index is 1.88. The van der Waals surface area contributed by atoms with Crippen LogP contribution in [0.1, 0.15) is 28.4 Å². The second-order valence-corrected chi connectivity index (χ2v) is 5.89. The first-order valence-electron chi connectivity index (χ1n) is 7.46. The molecule has 0 heterocycles. The fourth-order valence-electron chi connectivity index (χ4n) is 1.94. The van der Waals surface area contributed by atoms with Crippen LogP contribution in [-0.2, 0) is 4.79 Å². The molecule has 0 radical (unpaired) electrons. The highest BCUT2D eigenvalue weighted by atomic mass is 35.5. The van der Waals surface area contributed by atoms with Crippen molar-refractivity contribution in [3.63, 3.8) is 0 Å². The first kappa shape index (κ1) is 17.8. The molecule has 1 atom stereocenters. The molecule has 2 N–H and O–H groups in total. The summed E-state index contributed by atoms with van der Waals surface area (Å²) in [5.41, 5.74) is 7.31. The molecule has 0 aliphatic carbocycles. The maximum Gasteiger partial charge on any atom is 0.279 e. The van der Waals surface area contributed by atoms with Crippen molar-refractivity contribution in [2.24, 2.45) is 0 Å². The number of hydrogen-bond acceptors (Lipinski definition) is 3. The maximum absolute atomic E-state index is 12.0. The SMILES string of the molecule is Cc1ccc(OC(C)C(=O)NNC(=O)c2ccc(Cl)cc2)cc1C. The number of aryl methyl sites for hydroxylation is 2. The van der Waals surface area contributed by atoms with Crippen molar-refractivity contribution in [2.45, 2.75) is 26.9 Å². The number of hydrogen-bond donors (Lipinski definition) is 2. The van der Waals surface area contributed by atoms with Gasteiger partial charge in [0.05, 0.1) is 0 Å². The van der Waals surface area contributed by atoms with E-state index in [9.17, 15) is 9.59 Å². The Bertz CT molecular complexity index is 744. The van der Waals surface area contributed by atoms with E-state index in [4.69, 9.17) is 16.3 Å². The van der Waals surface area contributed by atoms with Crippen LogP contribution in [-0.4, -0.2) is 17.9 Å². The number of halogens is 1. The molecule has 126 valence electrons. The molecule has 2 aromatic carbocycles. The summed E-state index contributed by atoms with van der Waals surface area (Å²) in [5.74, 6) is -0.279. The van der Waals surface area contributed by atoms with Gasteiger partial charge in [0, 0.05) is 10.6 Å². The van der Waals surface area contributed by atoms with Gasteiger partial charge in [-0.1, -0.05) is 17.7 Å². The molecule has 2 aromatic rings. The zero-order valence-corrected chi connectivity index (χ0v) is 14.5. The minimum absolute atomic E-state index is 0.391. The molecule has 0 fully saturated rings. The average Bonchev–Trinajstić information content (AvgIpc) is 2.56. The highest BCUT2D eigenvalue weighted by Crippen LogP contribution is 2.17. The Hall–Kier alpha value is -2.53. The summed E-state index contributed by atoms with van der Waals surface area (Å²) in [4.78, 5) is 23.9. The standard InChI is InChI=1S/C18H19ClN2O3/c1-11-4-9-16(10-12(11)2)24-13(3)17(22)20-21-18(23)14-5-7-15(19)8-6-14/h4-10,13H,1-3H3,(H,20,22)(H,21,23). The lowest BCUT2D eigenvalue weighted by Crippen LogP contribution is -2.47. The largest absolute Gasteiger partial charge is 0.481 e. The predicted octanol–water partition coefficient (Wildman–Crippen LogP) is 3.19. The molecule has 2 rings (SSSR count). The minimum Gasteiger partial charge on any atom is -0.481 e. The minimum atomic E-state index is -0.752. The third-order valence-electron chi connectivity index (χ3n) is 3.57. The van der Waals surface area contributed by atoms with Crippen molar-refractivity contribution in [3.8, 4) is 5.75 Å². The van der Waals surface area contributed by atoms with Gasteiger partial charge in [0.25, 0.3) is 11.8 Å². The Morgan fingerprint density at radius 2 is 1.67 bits per heavy atom. The molecule has 0 aliphatic heterocycles. The summed E-state index contributed by atoms with van der Waals surface area (Å²) in [6.07, 6.45) is -0.752. The smallest absolute Gasteiger partial charge is 0.279 e. The highest BCUT2D eigenvalue weighted by Gasteiger charge is 2.16. The summed E-state index contributed by atoms with van der Waals surface area (Å²) in [6.45, 7) is 5.58. The van der Waals surface area contributed by atoms with Crippen molar-refractivity contribution < 1.29 is 14.3 Å². The molecule has 0 spiro atoms. The molecular formula is C18H19ClN2O3. The topological polar surface area (TPSA) is 67.4 Å². The number of nitrogens with one attached hydrogen (secondary N) is 2. The number of carbonyl (C=O) groups excluding carboxylic acids is 2. The predicted molar refractivity (Wildman–Crippen MR) is 93.1 cm³/mol. The Morgan fingerprint density at radius 3 is 2.29 bits per heavy atom. The zero-order chi connectivity index (χ0) is 17.7. The van der Waals surface area contributed by atoms with E-state index in [2.05, 4.69) is 10.9 Å². The molecule has 0 bridgehead atoms. The summed E-state index contributed by atoms with van der Waals surface area (Å²) in [7, 11) is 0. The molecule has 6 heteroatoms. The van der Waals surface area contributed by atoms with E-state index < -0.39 is 17.9 Å². The lowest BCUT2D eigenvalue weighted by atomic mass is 10.1. The van der Waals surface area contributed by atoms with Crippen LogP contribution in [0.15, 0.2) is 42.5 Å². The summed E-state index contributed by atoms with van der Waals surface area (Å²) in [5, 5.41) is 0.533. The van der Waals surface area contributed by atoms with E-state index in [0.717, 1.165) is 11.1 Å². The molecule has 0 saturated carbocycles. The van der Waals surface area contributed by atoms with Crippen LogP contribution >= 0.6 is 11.6 Å². The van der Waals surface area contributed by atoms with Crippen molar-refractivity contribution >= 4 is 23.4 Å². The second-order valence-electron chi connectivity index (χ2n) is 5.46. The van der Waals surface area contributed by atoms with Gasteiger partial charge >= 0.3 is 0 Å². The number of carbonyl (C=O) groups is 2. The number of amides is 2. The second kappa shape index (κ2) is 7.84. The van der Waals surface area contributed by atoms with E-state index in [1.165, 1.54) is 0 Å². The van der Waals surface area contributed by atoms with E-state index in [1.54, 1.807) is 37.3 Å². The van der Waals surface area contributed by atoms with Gasteiger partial charge in [-0.05, 0) is 68.3 Å². The van der Waals surface area contributed by atoms with Gasteiger partial charge in [0.1, 0.15) is 5.75 Å². The van der Waals surface area contributed by atoms with Crippen LogP contribution in [0.3, 0.4) is 0 Å². The quantitative estimate of drug-likeness (QED) is 0.835. The first-order valence-corrected chi connectivity index (χ1v) is 7.84. The van der Waals surface area contributed by atoms with Crippen molar-refractivity contribution in [3.05, 3.63) is 64.2 Å². The van der Waals surface area contributed by atoms with E-state index >= 15 is 0 Å². The number of rotatable bonds is 4. The van der Waals surface area contributed by atoms with Gasteiger partial charge in [-0.25, -0.2) is 0 Å². The number of benzene rings is 2. The third kappa shape index (κ3) is 4.73. The van der Waals surface area contributed by atoms with Gasteiger partial charge in [0.15, 0.2) is 6.10 Å². The summed E-state index contributed by atoms with van der Waals surface area (Å²) < 4.78 is 5.58. The Kier molecular flexibility index (Phi) is 5.82. The monoisotopic (exact) mass is 346 g/mol. The van der Waals surface area contributed by atoms with Gasteiger partial charge in [-0.3, -0.25) is 20.4 Å². The first-order chi connectivity index (χ1) is 11.4. The molecular weight excluding hydrogens is 328 g/mol. The van der Waals surface area contributed by atoms with Crippen LogP contribution in [0, 0.1) is 13.8 Å². The van der Waals surface area contributed by atoms with Gasteiger partial charge < -0.3 is 4.74 Å². The van der Waals surface area contributed by atoms with E-state index in [0.29, 0.717) is 16.3 Å². The average molecular weight is 347 g/mol. The molecule has 24 heavy (non-hydrogen) atoms. The molecule has 1 unspecified atom stereocenters. The molecule has 0 aliphatic rings. The van der Waals surface area contributed by atoms with Crippen LogP contribution in [0.2, 0.25) is 5.02 Å². The van der Waals surface area contributed by atoms with Crippen LogP contribution < -0.4 is 15.6 Å². The van der Waals surface area contributed by atoms with E-state index in [1.807, 2.05) is 26.0 Å². The van der Waals surface area contributed by atoms with Gasteiger partial charge in [-0.2, -0.15) is 0 Å². The number of ether oxygens (including phenoxy) is 1. The fraction of sp³-hybridized carbons (Fsp3) is 0.222. The van der Waals surface area contributed by atoms with Crippen LogP contribution in [0.5, 0.6) is 5.75 Å². The molecule has 2 amide bonds. The molecule has 0 saturated heterocycles. The summed E-state index contributed by atoms with van der Waals surface area (Å²) in [6, 6.07) is 11.9. The Morgan fingerprint density at radius 1 is 1.00 bits per heavy atom. The van der Waals surface area contributed by atoms with Crippen molar-refractivity contribution in [1.29, 1.82) is 0 Å². The molecule has 0 aromatic heterocycles. The van der Waals surface area contributed by atoms with Crippen LogP contribution in [0.4, 0.5) is 0 Å². The van der Waals surface area contributed by atoms with Crippen molar-refractivity contribution in [2.75, 3.05) is 0 Å². The molecule has 5 nitrogen and oxygen atoms in total. The van der Waals surface area contributed by atoms with Crippen molar-refractivity contribution in [1.82, 2.24) is 10.9 Å². The lowest BCUT2D eigenvalue weighted by molar-refractivity contribution is -0.128. The van der Waals surface area contributed by atoms with Gasteiger partial charge in [-0.15, -0.1) is 0 Å². The lowest BCUT2D eigenvalue weighted by Gasteiger charge is -2.16. The van der Waals surface area contributed by atoms with Crippen LogP contribution in [0.25, 0.3) is 0 Å². The zero-order valence-electron chi connectivity index (χ0n) is 13.7. The maximum atomic E-state index is 12.0. The van der Waals surface area contributed by atoms with E-state index in [-0.39, 0.29) is 0 Å². The summed E-state index contributed by atoms with van der Waals surface area (Å²) >= 11 is 5.77. The normalized spacial score (nSPS) is 11.5. The Labute approximate surface area is 145 Å². The third-order valence-corrected chi connectivity index (χ3v) is 3.82. The van der Waals surface area contributed by atoms with Gasteiger partial charge in [0.2, 0.25) is 0 Å².